The molecule has 0 unspecified atom stereocenters. The van der Waals surface area contributed by atoms with Gasteiger partial charge in [0.2, 0.25) is 11.8 Å². The lowest BCUT2D eigenvalue weighted by molar-refractivity contribution is 0.184. The molecule has 0 bridgehead atoms. The molecule has 0 saturated heterocycles. The van der Waals surface area contributed by atoms with Crippen LogP contribution in [0.4, 0.5) is 0 Å². The zero-order chi connectivity index (χ0) is 16.9. The molecule has 0 spiro atoms. The minimum Gasteiger partial charge on any atom is -0.419 e. The summed E-state index contributed by atoms with van der Waals surface area (Å²) >= 11 is 6.19. The van der Waals surface area contributed by atoms with Crippen LogP contribution >= 0.6 is 11.6 Å². The molecule has 3 rings (SSSR count). The molecule has 0 aliphatic heterocycles. The second kappa shape index (κ2) is 7.60. The average molecular weight is 342 g/mol. The van der Waals surface area contributed by atoms with Crippen LogP contribution in [0.3, 0.4) is 0 Å². The van der Waals surface area contributed by atoms with Crippen molar-refractivity contribution in [3.05, 3.63) is 71.1 Å². The second-order valence-corrected chi connectivity index (χ2v) is 6.37. The number of nitrogens with zero attached hydrogens (tertiary/aromatic N) is 3. The Morgan fingerprint density at radius 2 is 1.67 bits per heavy atom. The summed E-state index contributed by atoms with van der Waals surface area (Å²) in [6, 6.07) is 18.2. The summed E-state index contributed by atoms with van der Waals surface area (Å²) in [5, 5.41) is 8.93. The van der Waals surface area contributed by atoms with E-state index in [1.54, 1.807) is 0 Å². The van der Waals surface area contributed by atoms with Crippen molar-refractivity contribution < 1.29 is 4.42 Å². The van der Waals surface area contributed by atoms with Crippen molar-refractivity contribution in [1.29, 1.82) is 0 Å². The Morgan fingerprint density at radius 3 is 2.38 bits per heavy atom. The molecule has 1 heterocycles. The predicted molar refractivity (Wildman–Crippen MR) is 95.6 cm³/mol. The van der Waals surface area contributed by atoms with Gasteiger partial charge in [0.05, 0.1) is 17.1 Å². The molecule has 24 heavy (non-hydrogen) atoms. The number of hydrogen-bond donors (Lipinski definition) is 0. The smallest absolute Gasteiger partial charge is 0.249 e. The molecule has 3 aromatic rings. The first-order chi connectivity index (χ1) is 11.6. The van der Waals surface area contributed by atoms with Gasteiger partial charge in [-0.25, -0.2) is 0 Å². The van der Waals surface area contributed by atoms with Gasteiger partial charge in [-0.3, -0.25) is 4.90 Å². The van der Waals surface area contributed by atoms with Crippen LogP contribution in [0.2, 0.25) is 5.02 Å². The fraction of sp³-hybridized carbons (Fsp3) is 0.263. The standard InChI is InChI=1S/C19H20ClN3O/c1-14(2)23(12-15-8-4-3-5-9-15)13-18-21-22-19(24-18)16-10-6-7-11-17(16)20/h3-11,14H,12-13H2,1-2H3. The Morgan fingerprint density at radius 1 is 0.958 bits per heavy atom. The monoisotopic (exact) mass is 341 g/mol. The van der Waals surface area contributed by atoms with Gasteiger partial charge in [0, 0.05) is 12.6 Å². The van der Waals surface area contributed by atoms with Crippen LogP contribution in [0.25, 0.3) is 11.5 Å². The molecule has 0 N–H and O–H groups in total. The summed E-state index contributed by atoms with van der Waals surface area (Å²) < 4.78 is 5.82. The van der Waals surface area contributed by atoms with Gasteiger partial charge in [-0.1, -0.05) is 54.1 Å². The number of hydrogen-bond acceptors (Lipinski definition) is 4. The van der Waals surface area contributed by atoms with E-state index in [1.807, 2.05) is 30.3 Å². The third-order valence-electron chi connectivity index (χ3n) is 3.87. The molecule has 1 aromatic heterocycles. The maximum absolute atomic E-state index is 6.19. The minimum atomic E-state index is 0.362. The highest BCUT2D eigenvalue weighted by molar-refractivity contribution is 6.33. The zero-order valence-electron chi connectivity index (χ0n) is 13.8. The van der Waals surface area contributed by atoms with Gasteiger partial charge >= 0.3 is 0 Å². The Balaban J connectivity index is 1.75. The summed E-state index contributed by atoms with van der Waals surface area (Å²) in [6.45, 7) is 5.76. The molecule has 4 nitrogen and oxygen atoms in total. The third-order valence-corrected chi connectivity index (χ3v) is 4.20. The van der Waals surface area contributed by atoms with E-state index in [9.17, 15) is 0 Å². The van der Waals surface area contributed by atoms with Gasteiger partial charge in [0.15, 0.2) is 0 Å². The summed E-state index contributed by atoms with van der Waals surface area (Å²) in [5.41, 5.74) is 2.02. The first-order valence-electron chi connectivity index (χ1n) is 7.98. The summed E-state index contributed by atoms with van der Waals surface area (Å²) in [6.07, 6.45) is 0. The van der Waals surface area contributed by atoms with E-state index in [-0.39, 0.29) is 0 Å². The van der Waals surface area contributed by atoms with E-state index in [0.717, 1.165) is 12.1 Å². The molecular formula is C19H20ClN3O. The largest absolute Gasteiger partial charge is 0.419 e. The average Bonchev–Trinajstić information content (AvgIpc) is 3.04. The van der Waals surface area contributed by atoms with Gasteiger partial charge in [-0.05, 0) is 31.5 Å². The first kappa shape index (κ1) is 16.7. The molecule has 2 aromatic carbocycles. The van der Waals surface area contributed by atoms with Crippen molar-refractivity contribution >= 4 is 11.6 Å². The highest BCUT2D eigenvalue weighted by Crippen LogP contribution is 2.26. The quantitative estimate of drug-likeness (QED) is 0.645. The van der Waals surface area contributed by atoms with Gasteiger partial charge in [-0.15, -0.1) is 10.2 Å². The van der Waals surface area contributed by atoms with Crippen LogP contribution in [0.15, 0.2) is 59.0 Å². The van der Waals surface area contributed by atoms with E-state index in [4.69, 9.17) is 16.0 Å². The van der Waals surface area contributed by atoms with Gasteiger partial charge in [-0.2, -0.15) is 0 Å². The van der Waals surface area contributed by atoms with Gasteiger partial charge in [0.25, 0.3) is 0 Å². The molecule has 0 aliphatic carbocycles. The van der Waals surface area contributed by atoms with Crippen LogP contribution < -0.4 is 0 Å². The van der Waals surface area contributed by atoms with Crippen molar-refractivity contribution in [2.24, 2.45) is 0 Å². The highest BCUT2D eigenvalue weighted by Gasteiger charge is 2.16. The zero-order valence-corrected chi connectivity index (χ0v) is 14.6. The summed E-state index contributed by atoms with van der Waals surface area (Å²) in [5.74, 6) is 1.05. The van der Waals surface area contributed by atoms with Crippen LogP contribution in [0, 0.1) is 0 Å². The minimum absolute atomic E-state index is 0.362. The summed E-state index contributed by atoms with van der Waals surface area (Å²) in [7, 11) is 0. The molecule has 124 valence electrons. The maximum Gasteiger partial charge on any atom is 0.249 e. The SMILES string of the molecule is CC(C)N(Cc1ccccc1)Cc1nnc(-c2ccccc2Cl)o1. The van der Waals surface area contributed by atoms with Crippen molar-refractivity contribution in [2.75, 3.05) is 0 Å². The molecule has 0 amide bonds. The fourth-order valence-electron chi connectivity index (χ4n) is 2.47. The molecular weight excluding hydrogens is 322 g/mol. The Bertz CT molecular complexity index is 786. The maximum atomic E-state index is 6.19. The van der Waals surface area contributed by atoms with E-state index < -0.39 is 0 Å². The highest BCUT2D eigenvalue weighted by atomic mass is 35.5. The van der Waals surface area contributed by atoms with Crippen molar-refractivity contribution in [3.63, 3.8) is 0 Å². The normalized spacial score (nSPS) is 11.4. The Kier molecular flexibility index (Phi) is 5.28. The van der Waals surface area contributed by atoms with Crippen LogP contribution in [0.1, 0.15) is 25.3 Å². The molecule has 0 fully saturated rings. The van der Waals surface area contributed by atoms with Gasteiger partial charge < -0.3 is 4.42 Å². The van der Waals surface area contributed by atoms with Gasteiger partial charge in [0.1, 0.15) is 0 Å². The van der Waals surface area contributed by atoms with Crippen LogP contribution in [0.5, 0.6) is 0 Å². The van der Waals surface area contributed by atoms with Crippen molar-refractivity contribution in [1.82, 2.24) is 15.1 Å². The molecule has 0 aliphatic rings. The van der Waals surface area contributed by atoms with E-state index >= 15 is 0 Å². The number of halogens is 1. The number of aromatic nitrogens is 2. The Labute approximate surface area is 147 Å². The second-order valence-electron chi connectivity index (χ2n) is 5.97. The van der Waals surface area contributed by atoms with E-state index in [1.165, 1.54) is 5.56 Å². The summed E-state index contributed by atoms with van der Waals surface area (Å²) in [4.78, 5) is 2.29. The van der Waals surface area contributed by atoms with E-state index in [0.29, 0.717) is 29.4 Å². The number of benzene rings is 2. The third kappa shape index (κ3) is 4.02. The molecule has 0 radical (unpaired) electrons. The molecule has 0 atom stereocenters. The van der Waals surface area contributed by atoms with Crippen molar-refractivity contribution in [3.8, 4) is 11.5 Å². The van der Waals surface area contributed by atoms with Crippen LogP contribution in [-0.4, -0.2) is 21.1 Å². The van der Waals surface area contributed by atoms with Crippen LogP contribution in [-0.2, 0) is 13.1 Å². The lowest BCUT2D eigenvalue weighted by atomic mass is 10.2. The lowest BCUT2D eigenvalue weighted by Gasteiger charge is -2.24. The Hall–Kier alpha value is -2.17. The topological polar surface area (TPSA) is 42.2 Å². The van der Waals surface area contributed by atoms with Crippen molar-refractivity contribution in [2.45, 2.75) is 33.0 Å². The van der Waals surface area contributed by atoms with E-state index in [2.05, 4.69) is 53.2 Å². The molecule has 5 heteroatoms. The fourth-order valence-corrected chi connectivity index (χ4v) is 2.69. The number of rotatable bonds is 6. The predicted octanol–water partition coefficient (Wildman–Crippen LogP) is 4.80. The molecule has 0 saturated carbocycles. The lowest BCUT2D eigenvalue weighted by Crippen LogP contribution is -2.29. The first-order valence-corrected chi connectivity index (χ1v) is 8.36.